The Bertz CT molecular complexity index is 424. The number of hydrogen-bond acceptors (Lipinski definition) is 3. The van der Waals surface area contributed by atoms with Crippen molar-refractivity contribution in [3.63, 3.8) is 0 Å². The number of nitrogens with zero attached hydrogens (tertiary/aromatic N) is 1. The Morgan fingerprint density at radius 1 is 1.47 bits per heavy atom. The van der Waals surface area contributed by atoms with Gasteiger partial charge in [-0.15, -0.1) is 0 Å². The van der Waals surface area contributed by atoms with Gasteiger partial charge in [0.05, 0.1) is 18.1 Å². The lowest BCUT2D eigenvalue weighted by atomic mass is 9.92. The second-order valence-electron chi connectivity index (χ2n) is 4.55. The third-order valence-corrected chi connectivity index (χ3v) is 3.31. The van der Waals surface area contributed by atoms with Gasteiger partial charge < -0.3 is 10.5 Å². The molecule has 0 atom stereocenters. The zero-order valence-electron chi connectivity index (χ0n) is 10.2. The molecule has 0 aliphatic carbocycles. The summed E-state index contributed by atoms with van der Waals surface area (Å²) in [4.78, 5) is 0. The molecule has 1 rings (SSSR count). The van der Waals surface area contributed by atoms with E-state index in [2.05, 4.69) is 22.0 Å². The highest BCUT2D eigenvalue weighted by molar-refractivity contribution is 9.10. The van der Waals surface area contributed by atoms with Gasteiger partial charge in [0.2, 0.25) is 0 Å². The van der Waals surface area contributed by atoms with Crippen molar-refractivity contribution in [2.45, 2.75) is 26.8 Å². The second kappa shape index (κ2) is 6.04. The first-order valence-electron chi connectivity index (χ1n) is 5.51. The molecule has 0 saturated heterocycles. The summed E-state index contributed by atoms with van der Waals surface area (Å²) in [6, 6.07) is 7.99. The van der Waals surface area contributed by atoms with Crippen LogP contribution in [0, 0.1) is 16.7 Å². The Kier molecular flexibility index (Phi) is 4.98. The van der Waals surface area contributed by atoms with Gasteiger partial charge in [0.15, 0.2) is 0 Å². The molecular weight excluding hydrogens is 280 g/mol. The summed E-state index contributed by atoms with van der Waals surface area (Å²) < 4.78 is 6.60. The van der Waals surface area contributed by atoms with E-state index in [0.717, 1.165) is 15.8 Å². The highest BCUT2D eigenvalue weighted by atomic mass is 79.9. The summed E-state index contributed by atoms with van der Waals surface area (Å²) in [5, 5.41) is 8.88. The van der Waals surface area contributed by atoms with Crippen molar-refractivity contribution >= 4 is 15.9 Å². The highest BCUT2D eigenvalue weighted by Gasteiger charge is 2.16. The van der Waals surface area contributed by atoms with Crippen LogP contribution in [-0.4, -0.2) is 6.61 Å². The molecule has 0 spiro atoms. The summed E-state index contributed by atoms with van der Waals surface area (Å²) in [5.41, 5.74) is 6.28. The second-order valence-corrected chi connectivity index (χ2v) is 5.41. The van der Waals surface area contributed by atoms with Crippen LogP contribution >= 0.6 is 15.9 Å². The van der Waals surface area contributed by atoms with E-state index in [1.54, 1.807) is 0 Å². The van der Waals surface area contributed by atoms with E-state index in [0.29, 0.717) is 19.6 Å². The molecule has 0 aliphatic heterocycles. The van der Waals surface area contributed by atoms with E-state index in [1.807, 2.05) is 32.0 Å². The highest BCUT2D eigenvalue weighted by Crippen LogP contribution is 2.24. The predicted molar refractivity (Wildman–Crippen MR) is 71.5 cm³/mol. The molecule has 0 aromatic heterocycles. The maximum atomic E-state index is 8.88. The fourth-order valence-corrected chi connectivity index (χ4v) is 1.69. The Balaban J connectivity index is 2.56. The van der Waals surface area contributed by atoms with Gasteiger partial charge in [0.25, 0.3) is 0 Å². The van der Waals surface area contributed by atoms with Crippen LogP contribution in [0.3, 0.4) is 0 Å². The van der Waals surface area contributed by atoms with Crippen LogP contribution in [-0.2, 0) is 6.54 Å². The predicted octanol–water partition coefficient (Wildman–Crippen LogP) is 3.23. The zero-order chi connectivity index (χ0) is 12.9. The lowest BCUT2D eigenvalue weighted by Crippen LogP contribution is -2.13. The number of benzene rings is 1. The topological polar surface area (TPSA) is 59.0 Å². The Hall–Kier alpha value is -1.05. The summed E-state index contributed by atoms with van der Waals surface area (Å²) in [6.45, 7) is 4.82. The van der Waals surface area contributed by atoms with Gasteiger partial charge in [-0.2, -0.15) is 5.26 Å². The molecule has 4 heteroatoms. The molecule has 3 nitrogen and oxygen atoms in total. The maximum Gasteiger partial charge on any atom is 0.119 e. The summed E-state index contributed by atoms with van der Waals surface area (Å²) >= 11 is 3.42. The first-order valence-corrected chi connectivity index (χ1v) is 6.30. The minimum Gasteiger partial charge on any atom is -0.494 e. The monoisotopic (exact) mass is 296 g/mol. The van der Waals surface area contributed by atoms with E-state index >= 15 is 0 Å². The van der Waals surface area contributed by atoms with Gasteiger partial charge in [0, 0.05) is 11.0 Å². The molecule has 0 amide bonds. The van der Waals surface area contributed by atoms with Crippen molar-refractivity contribution in [1.82, 2.24) is 0 Å². The van der Waals surface area contributed by atoms with Gasteiger partial charge in [0.1, 0.15) is 5.75 Å². The van der Waals surface area contributed by atoms with Crippen molar-refractivity contribution in [2.24, 2.45) is 11.1 Å². The van der Waals surface area contributed by atoms with E-state index in [4.69, 9.17) is 15.7 Å². The van der Waals surface area contributed by atoms with Crippen molar-refractivity contribution in [3.8, 4) is 11.8 Å². The van der Waals surface area contributed by atoms with Gasteiger partial charge in [-0.3, -0.25) is 0 Å². The number of ether oxygens (including phenoxy) is 1. The number of rotatable bonds is 5. The molecule has 0 fully saturated rings. The van der Waals surface area contributed by atoms with Gasteiger partial charge >= 0.3 is 0 Å². The van der Waals surface area contributed by atoms with Crippen molar-refractivity contribution < 1.29 is 4.74 Å². The smallest absolute Gasteiger partial charge is 0.119 e. The first kappa shape index (κ1) is 14.0. The Morgan fingerprint density at radius 3 is 2.76 bits per heavy atom. The largest absolute Gasteiger partial charge is 0.494 e. The fourth-order valence-electron chi connectivity index (χ4n) is 1.28. The van der Waals surface area contributed by atoms with E-state index in [1.165, 1.54) is 0 Å². The lowest BCUT2D eigenvalue weighted by molar-refractivity contribution is 0.264. The Labute approximate surface area is 111 Å². The number of nitrogens with two attached hydrogens (primary N) is 1. The molecular formula is C13H17BrN2O. The minimum absolute atomic E-state index is 0.341. The minimum atomic E-state index is -0.341. The molecule has 0 heterocycles. The standard InChI is InChI=1S/C13H17BrN2O/c1-13(2,9-16)5-6-17-11-3-4-12(14)10(7-11)8-15/h3-4,7H,5-6,8,15H2,1-2H3. The van der Waals surface area contributed by atoms with Gasteiger partial charge in [-0.05, 0) is 44.0 Å². The number of nitriles is 1. The van der Waals surface area contributed by atoms with E-state index < -0.39 is 0 Å². The molecule has 17 heavy (non-hydrogen) atoms. The van der Waals surface area contributed by atoms with Gasteiger partial charge in [-0.25, -0.2) is 0 Å². The average molecular weight is 297 g/mol. The molecule has 0 radical (unpaired) electrons. The van der Waals surface area contributed by atoms with Crippen molar-refractivity contribution in [1.29, 1.82) is 5.26 Å². The quantitative estimate of drug-likeness (QED) is 0.907. The van der Waals surface area contributed by atoms with E-state index in [9.17, 15) is 0 Å². The molecule has 0 unspecified atom stereocenters. The number of halogens is 1. The Morgan fingerprint density at radius 2 is 2.18 bits per heavy atom. The van der Waals surface area contributed by atoms with Crippen molar-refractivity contribution in [3.05, 3.63) is 28.2 Å². The van der Waals surface area contributed by atoms with Crippen LogP contribution in [0.15, 0.2) is 22.7 Å². The van der Waals surface area contributed by atoms with Crippen LogP contribution in [0.1, 0.15) is 25.8 Å². The zero-order valence-corrected chi connectivity index (χ0v) is 11.8. The summed E-state index contributed by atoms with van der Waals surface area (Å²) in [7, 11) is 0. The molecule has 1 aromatic carbocycles. The fraction of sp³-hybridized carbons (Fsp3) is 0.462. The first-order chi connectivity index (χ1) is 7.98. The maximum absolute atomic E-state index is 8.88. The third kappa shape index (κ3) is 4.37. The molecule has 1 aromatic rings. The van der Waals surface area contributed by atoms with Crippen molar-refractivity contribution in [2.75, 3.05) is 6.61 Å². The van der Waals surface area contributed by atoms with Crippen LogP contribution in [0.5, 0.6) is 5.75 Å². The lowest BCUT2D eigenvalue weighted by Gasteiger charge is -2.15. The third-order valence-electron chi connectivity index (χ3n) is 2.54. The van der Waals surface area contributed by atoms with E-state index in [-0.39, 0.29) is 5.41 Å². The molecule has 92 valence electrons. The molecule has 0 aliphatic rings. The molecule has 0 bridgehead atoms. The summed E-state index contributed by atoms with van der Waals surface area (Å²) in [6.07, 6.45) is 0.706. The summed E-state index contributed by atoms with van der Waals surface area (Å²) in [5.74, 6) is 0.794. The normalized spacial score (nSPS) is 11.0. The van der Waals surface area contributed by atoms with Crippen LogP contribution in [0.2, 0.25) is 0 Å². The average Bonchev–Trinajstić information content (AvgIpc) is 2.31. The SMILES string of the molecule is CC(C)(C#N)CCOc1ccc(Br)c(CN)c1. The van der Waals surface area contributed by atoms with Crippen LogP contribution < -0.4 is 10.5 Å². The molecule has 0 saturated carbocycles. The van der Waals surface area contributed by atoms with Gasteiger partial charge in [-0.1, -0.05) is 15.9 Å². The molecule has 2 N–H and O–H groups in total. The number of hydrogen-bond donors (Lipinski definition) is 1. The van der Waals surface area contributed by atoms with Crippen LogP contribution in [0.4, 0.5) is 0 Å². The van der Waals surface area contributed by atoms with Crippen LogP contribution in [0.25, 0.3) is 0 Å².